The van der Waals surface area contributed by atoms with E-state index in [1.807, 2.05) is 9.80 Å². The lowest BCUT2D eigenvalue weighted by molar-refractivity contribution is 0.0588. The van der Waals surface area contributed by atoms with Crippen molar-refractivity contribution in [2.45, 2.75) is 105 Å². The van der Waals surface area contributed by atoms with Gasteiger partial charge in [-0.25, -0.2) is 9.59 Å². The van der Waals surface area contributed by atoms with Crippen LogP contribution in [0.4, 0.5) is 34.1 Å². The van der Waals surface area contributed by atoms with Crippen LogP contribution in [0.15, 0.2) is 109 Å². The van der Waals surface area contributed by atoms with Gasteiger partial charge in [0.2, 0.25) is 0 Å². The van der Waals surface area contributed by atoms with E-state index in [0.717, 1.165) is 22.7 Å². The smallest absolute Gasteiger partial charge is 0.340 e. The summed E-state index contributed by atoms with van der Waals surface area (Å²) in [5, 5.41) is 0. The summed E-state index contributed by atoms with van der Waals surface area (Å²) in [5.41, 5.74) is 9.29. The molecule has 0 spiro atoms. The molecule has 0 unspecified atom stereocenters. The Morgan fingerprint density at radius 2 is 0.571 bits per heavy atom. The summed E-state index contributed by atoms with van der Waals surface area (Å²) in [6, 6.07) is 36.9. The van der Waals surface area contributed by atoms with Crippen molar-refractivity contribution in [3.63, 3.8) is 0 Å². The zero-order chi connectivity index (χ0) is 41.4. The van der Waals surface area contributed by atoms with Gasteiger partial charge in [-0.2, -0.15) is 0 Å². The van der Waals surface area contributed by atoms with Gasteiger partial charge in [0, 0.05) is 22.7 Å². The maximum absolute atomic E-state index is 14.1. The third-order valence-electron chi connectivity index (χ3n) is 10.4. The van der Waals surface area contributed by atoms with Gasteiger partial charge in [-0.05, 0) is 105 Å². The van der Waals surface area contributed by atoms with Gasteiger partial charge in [-0.1, -0.05) is 132 Å². The number of hydrogen-bond acceptors (Lipinski definition) is 6. The summed E-state index contributed by atoms with van der Waals surface area (Å²) in [6.07, 6.45) is 0. The average Bonchev–Trinajstić information content (AvgIpc) is 3.14. The number of carbonyl (C=O) groups is 2. The van der Waals surface area contributed by atoms with E-state index < -0.39 is 11.9 Å². The maximum Gasteiger partial charge on any atom is 0.340 e. The van der Waals surface area contributed by atoms with E-state index in [9.17, 15) is 9.59 Å². The lowest BCUT2D eigenvalue weighted by Gasteiger charge is -2.32. The first-order valence-corrected chi connectivity index (χ1v) is 19.4. The molecule has 5 aromatic carbocycles. The van der Waals surface area contributed by atoms with Crippen LogP contribution in [0.3, 0.4) is 0 Å². The van der Waals surface area contributed by atoms with Gasteiger partial charge in [-0.3, -0.25) is 0 Å². The number of nitrogens with zero attached hydrogens (tertiary/aromatic N) is 2. The van der Waals surface area contributed by atoms with Crippen molar-refractivity contribution in [3.8, 4) is 0 Å². The van der Waals surface area contributed by atoms with Crippen LogP contribution in [0.5, 0.6) is 0 Å². The number of esters is 2. The molecular weight excluding hydrogens is 693 g/mol. The number of ether oxygens (including phenoxy) is 2. The number of rotatable bonds is 8. The van der Waals surface area contributed by atoms with E-state index in [1.54, 1.807) is 12.1 Å². The fourth-order valence-electron chi connectivity index (χ4n) is 6.79. The molecule has 0 aliphatic carbocycles. The first-order chi connectivity index (χ1) is 26.0. The van der Waals surface area contributed by atoms with E-state index >= 15 is 0 Å². The lowest BCUT2D eigenvalue weighted by Crippen LogP contribution is -2.21. The van der Waals surface area contributed by atoms with Crippen molar-refractivity contribution in [3.05, 3.63) is 143 Å². The molecule has 0 bridgehead atoms. The van der Waals surface area contributed by atoms with E-state index in [2.05, 4.69) is 180 Å². The third-order valence-corrected chi connectivity index (χ3v) is 10.4. The van der Waals surface area contributed by atoms with Crippen LogP contribution in [-0.4, -0.2) is 26.2 Å². The summed E-state index contributed by atoms with van der Waals surface area (Å²) in [5.74, 6) is -1.07. The van der Waals surface area contributed by atoms with Gasteiger partial charge in [0.1, 0.15) is 0 Å². The van der Waals surface area contributed by atoms with Crippen molar-refractivity contribution in [1.29, 1.82) is 0 Å². The number of methoxy groups -OCH3 is 2. The summed E-state index contributed by atoms with van der Waals surface area (Å²) in [7, 11) is 2.77. The van der Waals surface area contributed by atoms with Crippen molar-refractivity contribution >= 4 is 46.1 Å². The summed E-state index contributed by atoms with van der Waals surface area (Å²) in [4.78, 5) is 32.2. The molecule has 0 aliphatic heterocycles. The second kappa shape index (κ2) is 15.6. The quantitative estimate of drug-likeness (QED) is 0.147. The summed E-state index contributed by atoms with van der Waals surface area (Å²) < 4.78 is 11.0. The van der Waals surface area contributed by atoms with Crippen molar-refractivity contribution < 1.29 is 19.1 Å². The van der Waals surface area contributed by atoms with Gasteiger partial charge in [0.25, 0.3) is 0 Å². The first kappa shape index (κ1) is 41.8. The van der Waals surface area contributed by atoms with E-state index in [0.29, 0.717) is 11.4 Å². The molecule has 0 saturated heterocycles. The largest absolute Gasteiger partial charge is 0.465 e. The monoisotopic (exact) mass is 752 g/mol. The van der Waals surface area contributed by atoms with Gasteiger partial charge >= 0.3 is 11.9 Å². The number of benzene rings is 5. The summed E-state index contributed by atoms with van der Waals surface area (Å²) >= 11 is 0. The van der Waals surface area contributed by atoms with Crippen LogP contribution in [0.1, 0.15) is 126 Å². The minimum absolute atomic E-state index is 0.0613. The normalized spacial score (nSPS) is 12.2. The second-order valence-electron chi connectivity index (χ2n) is 18.7. The Labute approximate surface area is 335 Å². The Hall–Kier alpha value is -5.36. The topological polar surface area (TPSA) is 59.1 Å². The Kier molecular flexibility index (Phi) is 11.7. The SMILES string of the molecule is COC(=O)c1cc(N(c2ccc(C(C)(C)C)cc2)c2ccc(C(C)(C)C)cc2)c(C(=O)OC)cc1N(c1ccc(C(C)(C)C)cc1)c1ccc(C(C)(C)C)cc1. The van der Waals surface area contributed by atoms with Crippen LogP contribution in [-0.2, 0) is 31.1 Å². The Morgan fingerprint density at radius 1 is 0.375 bits per heavy atom. The Morgan fingerprint density at radius 3 is 0.732 bits per heavy atom. The van der Waals surface area contributed by atoms with Gasteiger partial charge < -0.3 is 19.3 Å². The lowest BCUT2D eigenvalue weighted by atomic mass is 9.86. The zero-order valence-corrected chi connectivity index (χ0v) is 35.9. The fourth-order valence-corrected chi connectivity index (χ4v) is 6.79. The van der Waals surface area contributed by atoms with Gasteiger partial charge in [0.05, 0.1) is 36.7 Å². The molecule has 0 N–H and O–H groups in total. The fraction of sp³-hybridized carbons (Fsp3) is 0.360. The molecule has 6 heteroatoms. The average molecular weight is 753 g/mol. The highest BCUT2D eigenvalue weighted by Gasteiger charge is 2.30. The molecular formula is C50H60N2O4. The molecule has 56 heavy (non-hydrogen) atoms. The van der Waals surface area contributed by atoms with Crippen LogP contribution >= 0.6 is 0 Å². The molecule has 0 saturated carbocycles. The van der Waals surface area contributed by atoms with E-state index in [1.165, 1.54) is 36.5 Å². The predicted molar refractivity (Wildman–Crippen MR) is 233 cm³/mol. The highest BCUT2D eigenvalue weighted by Crippen LogP contribution is 2.45. The van der Waals surface area contributed by atoms with Crippen molar-refractivity contribution in [1.82, 2.24) is 0 Å². The molecule has 0 aromatic heterocycles. The standard InChI is InChI=1S/C50H60N2O4/c1-47(2,3)33-15-23-37(24-16-33)51(38-25-17-34(18-26-38)48(4,5)6)43-31-42(46(54)56-14)44(32-41(43)45(53)55-13)52(39-27-19-35(20-28-39)49(7,8)9)40-29-21-36(22-30-40)50(10,11)12/h15-32H,1-14H3. The highest BCUT2D eigenvalue weighted by atomic mass is 16.5. The van der Waals surface area contributed by atoms with Crippen LogP contribution in [0, 0.1) is 0 Å². The maximum atomic E-state index is 14.1. The molecule has 0 atom stereocenters. The van der Waals surface area contributed by atoms with E-state index in [-0.39, 0.29) is 32.8 Å². The highest BCUT2D eigenvalue weighted by molar-refractivity contribution is 6.07. The predicted octanol–water partition coefficient (Wildman–Crippen LogP) is 13.4. The molecule has 0 aliphatic rings. The van der Waals surface area contributed by atoms with Gasteiger partial charge in [-0.15, -0.1) is 0 Å². The van der Waals surface area contributed by atoms with Crippen LogP contribution < -0.4 is 9.80 Å². The molecule has 5 rings (SSSR count). The number of hydrogen-bond donors (Lipinski definition) is 0. The third kappa shape index (κ3) is 9.02. The molecule has 6 nitrogen and oxygen atoms in total. The molecule has 0 radical (unpaired) electrons. The van der Waals surface area contributed by atoms with Crippen molar-refractivity contribution in [2.75, 3.05) is 24.0 Å². The Balaban J connectivity index is 1.85. The van der Waals surface area contributed by atoms with E-state index in [4.69, 9.17) is 9.47 Å². The summed E-state index contributed by atoms with van der Waals surface area (Å²) in [6.45, 7) is 26.2. The van der Waals surface area contributed by atoms with Crippen LogP contribution in [0.25, 0.3) is 0 Å². The first-order valence-electron chi connectivity index (χ1n) is 19.4. The van der Waals surface area contributed by atoms with Gasteiger partial charge in [0.15, 0.2) is 0 Å². The van der Waals surface area contributed by atoms with Crippen molar-refractivity contribution in [2.24, 2.45) is 0 Å². The zero-order valence-electron chi connectivity index (χ0n) is 35.9. The molecule has 5 aromatic rings. The molecule has 0 heterocycles. The molecule has 294 valence electrons. The second-order valence-corrected chi connectivity index (χ2v) is 18.7. The number of anilines is 6. The van der Waals surface area contributed by atoms with Crippen LogP contribution in [0.2, 0.25) is 0 Å². The number of carbonyl (C=O) groups excluding carboxylic acids is 2. The Bertz CT molecular complexity index is 1880. The molecule has 0 fully saturated rings. The molecule has 0 amide bonds. The minimum atomic E-state index is -0.536. The minimum Gasteiger partial charge on any atom is -0.465 e.